The lowest BCUT2D eigenvalue weighted by Crippen LogP contribution is -2.04. The first-order valence-corrected chi connectivity index (χ1v) is 3.14. The van der Waals surface area contributed by atoms with Crippen LogP contribution in [0.25, 0.3) is 0 Å². The van der Waals surface area contributed by atoms with Gasteiger partial charge in [-0.3, -0.25) is 10.1 Å². The summed E-state index contributed by atoms with van der Waals surface area (Å²) < 4.78 is 35.8. The summed E-state index contributed by atoms with van der Waals surface area (Å²) in [6.07, 6.45) is -4.50. The summed E-state index contributed by atoms with van der Waals surface area (Å²) in [5.74, 6) is 0. The van der Waals surface area contributed by atoms with Crippen LogP contribution >= 0.6 is 0 Å². The van der Waals surface area contributed by atoms with Crippen molar-refractivity contribution in [2.75, 3.05) is 0 Å². The van der Waals surface area contributed by atoms with Gasteiger partial charge >= 0.3 is 6.18 Å². The summed E-state index contributed by atoms with van der Waals surface area (Å²) in [5, 5.41) is 10.1. The number of nitro benzene ring substituents is 1. The molecule has 0 saturated carbocycles. The fourth-order valence-corrected chi connectivity index (χ4v) is 0.707. The molecule has 13 heavy (non-hydrogen) atoms. The molecular weight excluding hydrogens is 187 g/mol. The molecule has 0 atom stereocenters. The van der Waals surface area contributed by atoms with Crippen LogP contribution in [0.15, 0.2) is 18.2 Å². The van der Waals surface area contributed by atoms with Crippen LogP contribution in [0, 0.1) is 16.2 Å². The average Bonchev–Trinajstić information content (AvgIpc) is 2.03. The Morgan fingerprint density at radius 2 is 2.00 bits per heavy atom. The summed E-state index contributed by atoms with van der Waals surface area (Å²) in [5.41, 5.74) is -1.42. The van der Waals surface area contributed by atoms with E-state index >= 15 is 0 Å². The Balaban J connectivity index is 3.01. The molecule has 0 aliphatic carbocycles. The molecule has 0 N–H and O–H groups in total. The van der Waals surface area contributed by atoms with E-state index in [1.807, 2.05) is 0 Å². The summed E-state index contributed by atoms with van der Waals surface area (Å²) in [4.78, 5) is 9.29. The monoisotopic (exact) mass is 190 g/mol. The molecule has 0 aromatic heterocycles. The number of hydrogen-bond donors (Lipinski definition) is 0. The van der Waals surface area contributed by atoms with Gasteiger partial charge in [0, 0.05) is 18.2 Å². The number of hydrogen-bond acceptors (Lipinski definition) is 2. The maximum atomic E-state index is 11.9. The first-order valence-electron chi connectivity index (χ1n) is 3.14. The molecule has 0 aliphatic heterocycles. The lowest BCUT2D eigenvalue weighted by atomic mass is 10.2. The minimum Gasteiger partial charge on any atom is -0.258 e. The van der Waals surface area contributed by atoms with Gasteiger partial charge in [-0.1, -0.05) is 0 Å². The van der Waals surface area contributed by atoms with Gasteiger partial charge in [-0.05, 0) is 6.07 Å². The van der Waals surface area contributed by atoms with Crippen LogP contribution in [0.2, 0.25) is 0 Å². The number of halogens is 3. The highest BCUT2D eigenvalue weighted by molar-refractivity contribution is 5.32. The van der Waals surface area contributed by atoms with Gasteiger partial charge in [0.1, 0.15) is 0 Å². The average molecular weight is 190 g/mol. The smallest absolute Gasteiger partial charge is 0.258 e. The number of rotatable bonds is 1. The van der Waals surface area contributed by atoms with Gasteiger partial charge in [-0.2, -0.15) is 13.2 Å². The zero-order valence-electron chi connectivity index (χ0n) is 6.13. The van der Waals surface area contributed by atoms with Crippen molar-refractivity contribution in [3.8, 4) is 0 Å². The van der Waals surface area contributed by atoms with E-state index < -0.39 is 22.4 Å². The number of alkyl halides is 3. The Kier molecular flexibility index (Phi) is 2.22. The predicted molar refractivity (Wildman–Crippen MR) is 36.9 cm³/mol. The van der Waals surface area contributed by atoms with E-state index in [1.165, 1.54) is 0 Å². The van der Waals surface area contributed by atoms with Crippen molar-refractivity contribution in [2.45, 2.75) is 6.18 Å². The van der Waals surface area contributed by atoms with Gasteiger partial charge in [0.2, 0.25) is 0 Å². The highest BCUT2D eigenvalue weighted by atomic mass is 19.4. The molecule has 0 aliphatic rings. The first-order chi connectivity index (χ1) is 5.91. The van der Waals surface area contributed by atoms with E-state index in [0.717, 1.165) is 6.07 Å². The normalized spacial score (nSPS) is 11.3. The van der Waals surface area contributed by atoms with Crippen molar-refractivity contribution in [3.05, 3.63) is 39.9 Å². The molecule has 0 heterocycles. The maximum Gasteiger partial charge on any atom is 0.417 e. The van der Waals surface area contributed by atoms with E-state index in [9.17, 15) is 23.3 Å². The molecule has 69 valence electrons. The molecule has 0 spiro atoms. The van der Waals surface area contributed by atoms with Crippen molar-refractivity contribution >= 4 is 5.69 Å². The van der Waals surface area contributed by atoms with Crippen LogP contribution in [0.4, 0.5) is 18.9 Å². The highest BCUT2D eigenvalue weighted by Crippen LogP contribution is 2.29. The second kappa shape index (κ2) is 3.04. The highest BCUT2D eigenvalue weighted by Gasteiger charge is 2.30. The second-order valence-corrected chi connectivity index (χ2v) is 2.22. The number of nitro groups is 1. The van der Waals surface area contributed by atoms with Crippen molar-refractivity contribution in [2.24, 2.45) is 0 Å². The van der Waals surface area contributed by atoms with Crippen LogP contribution in [-0.2, 0) is 6.18 Å². The molecule has 1 aromatic rings. The van der Waals surface area contributed by atoms with E-state index in [-0.39, 0.29) is 0 Å². The lowest BCUT2D eigenvalue weighted by Gasteiger charge is -2.03. The van der Waals surface area contributed by atoms with Crippen LogP contribution in [0.1, 0.15) is 5.56 Å². The molecule has 3 nitrogen and oxygen atoms in total. The third-order valence-corrected chi connectivity index (χ3v) is 1.31. The van der Waals surface area contributed by atoms with Crippen molar-refractivity contribution < 1.29 is 18.1 Å². The summed E-state index contributed by atoms with van der Waals surface area (Å²) in [6, 6.07) is 3.90. The molecule has 1 aromatic carbocycles. The summed E-state index contributed by atoms with van der Waals surface area (Å²) in [7, 11) is 0. The minimum absolute atomic E-state index is 0.409. The van der Waals surface area contributed by atoms with Crippen LogP contribution < -0.4 is 0 Å². The molecule has 6 heteroatoms. The van der Waals surface area contributed by atoms with Gasteiger partial charge in [-0.15, -0.1) is 0 Å². The van der Waals surface area contributed by atoms with Gasteiger partial charge in [-0.25, -0.2) is 0 Å². The first kappa shape index (κ1) is 9.50. The van der Waals surface area contributed by atoms with Gasteiger partial charge < -0.3 is 0 Å². The quantitative estimate of drug-likeness (QED) is 0.504. The predicted octanol–water partition coefficient (Wildman–Crippen LogP) is 2.41. The molecule has 0 amide bonds. The van der Waals surface area contributed by atoms with E-state index in [2.05, 4.69) is 0 Å². The third kappa shape index (κ3) is 2.17. The van der Waals surface area contributed by atoms with Crippen molar-refractivity contribution in [3.63, 3.8) is 0 Å². The molecule has 0 bridgehead atoms. The Bertz CT molecular complexity index is 318. The fraction of sp³-hybridized carbons (Fsp3) is 0.143. The molecule has 0 unspecified atom stereocenters. The van der Waals surface area contributed by atoms with Gasteiger partial charge in [0.05, 0.1) is 10.5 Å². The van der Waals surface area contributed by atoms with Crippen molar-refractivity contribution in [1.82, 2.24) is 0 Å². The molecule has 1 radical (unpaired) electrons. The Morgan fingerprint density at radius 3 is 2.31 bits per heavy atom. The SMILES string of the molecule is O=[N+]([O-])c1c[c]c(C(F)(F)F)cc1. The largest absolute Gasteiger partial charge is 0.417 e. The molecule has 0 saturated heterocycles. The Labute approximate surface area is 70.9 Å². The third-order valence-electron chi connectivity index (χ3n) is 1.31. The Morgan fingerprint density at radius 1 is 1.38 bits per heavy atom. The fourth-order valence-electron chi connectivity index (χ4n) is 0.707. The van der Waals surface area contributed by atoms with E-state index in [0.29, 0.717) is 12.1 Å². The topological polar surface area (TPSA) is 43.1 Å². The maximum absolute atomic E-state index is 11.9. The molecule has 0 fully saturated rings. The molecule has 1 rings (SSSR count). The number of benzene rings is 1. The zero-order chi connectivity index (χ0) is 10.1. The summed E-state index contributed by atoms with van der Waals surface area (Å²) in [6.45, 7) is 0. The standard InChI is InChI=1S/C7H3F3NO2/c8-7(9,10)5-1-3-6(4-2-5)11(12)13/h1,3-4H. The zero-order valence-corrected chi connectivity index (χ0v) is 6.13. The van der Waals surface area contributed by atoms with Crippen LogP contribution in [-0.4, -0.2) is 4.92 Å². The number of non-ortho nitro benzene ring substituents is 1. The number of nitrogens with zero attached hydrogens (tertiary/aromatic N) is 1. The van der Waals surface area contributed by atoms with E-state index in [1.54, 1.807) is 6.07 Å². The van der Waals surface area contributed by atoms with Gasteiger partial charge in [0.25, 0.3) is 5.69 Å². The van der Waals surface area contributed by atoms with Gasteiger partial charge in [0.15, 0.2) is 0 Å². The molecular formula is C7H3F3NO2. The van der Waals surface area contributed by atoms with Crippen LogP contribution in [0.5, 0.6) is 0 Å². The second-order valence-electron chi connectivity index (χ2n) is 2.22. The lowest BCUT2D eigenvalue weighted by molar-refractivity contribution is -0.384. The van der Waals surface area contributed by atoms with Crippen LogP contribution in [0.3, 0.4) is 0 Å². The summed E-state index contributed by atoms with van der Waals surface area (Å²) >= 11 is 0. The van der Waals surface area contributed by atoms with E-state index in [4.69, 9.17) is 0 Å². The minimum atomic E-state index is -4.50. The van der Waals surface area contributed by atoms with Crippen molar-refractivity contribution in [1.29, 1.82) is 0 Å². The Hall–Kier alpha value is -1.59.